The zero-order valence-corrected chi connectivity index (χ0v) is 13.7. The van der Waals surface area contributed by atoms with Crippen LogP contribution in [0, 0.1) is 13.8 Å². The van der Waals surface area contributed by atoms with Gasteiger partial charge in [0.1, 0.15) is 0 Å². The molecule has 3 nitrogen and oxygen atoms in total. The fourth-order valence-corrected chi connectivity index (χ4v) is 3.41. The third-order valence-corrected chi connectivity index (χ3v) is 5.20. The van der Waals surface area contributed by atoms with E-state index in [1.807, 2.05) is 0 Å². The Bertz CT molecular complexity index is 468. The Hall–Kier alpha value is -0.740. The van der Waals surface area contributed by atoms with Crippen LogP contribution in [-0.4, -0.2) is 27.3 Å². The van der Waals surface area contributed by atoms with E-state index in [9.17, 15) is 0 Å². The molecular formula is C15H22BrNO2. The Balaban J connectivity index is 2.59. The minimum Gasteiger partial charge on any atom is -0.493 e. The summed E-state index contributed by atoms with van der Waals surface area (Å²) >= 11 is 3.70. The highest BCUT2D eigenvalue weighted by Crippen LogP contribution is 2.46. The summed E-state index contributed by atoms with van der Waals surface area (Å²) in [6.45, 7) is 6.36. The number of piperidine rings is 1. The predicted octanol–water partition coefficient (Wildman–Crippen LogP) is 3.55. The van der Waals surface area contributed by atoms with E-state index >= 15 is 0 Å². The summed E-state index contributed by atoms with van der Waals surface area (Å²) < 4.78 is 12.4. The third kappa shape index (κ3) is 2.61. The first-order valence-corrected chi connectivity index (χ1v) is 7.52. The number of rotatable bonds is 3. The minimum atomic E-state index is 0.544. The van der Waals surface area contributed by atoms with E-state index < -0.39 is 0 Å². The Morgan fingerprint density at radius 1 is 1.00 bits per heavy atom. The number of hydrogen-bond acceptors (Lipinski definition) is 3. The van der Waals surface area contributed by atoms with Crippen LogP contribution in [0.15, 0.2) is 4.47 Å². The first kappa shape index (κ1) is 14.7. The molecule has 1 aromatic carbocycles. The van der Waals surface area contributed by atoms with Gasteiger partial charge in [0, 0.05) is 15.6 Å². The fraction of sp³-hybridized carbons (Fsp3) is 0.600. The van der Waals surface area contributed by atoms with Gasteiger partial charge in [-0.1, -0.05) is 15.9 Å². The van der Waals surface area contributed by atoms with Crippen molar-refractivity contribution in [3.8, 4) is 11.5 Å². The monoisotopic (exact) mass is 327 g/mol. The van der Waals surface area contributed by atoms with Crippen molar-refractivity contribution < 1.29 is 9.47 Å². The summed E-state index contributed by atoms with van der Waals surface area (Å²) in [6, 6.07) is 0. The lowest BCUT2D eigenvalue weighted by Crippen LogP contribution is -2.27. The molecule has 0 atom stereocenters. The molecule has 0 saturated carbocycles. The van der Waals surface area contributed by atoms with E-state index in [1.165, 1.54) is 11.1 Å². The van der Waals surface area contributed by atoms with Crippen molar-refractivity contribution in [2.24, 2.45) is 0 Å². The van der Waals surface area contributed by atoms with Gasteiger partial charge in [0.15, 0.2) is 11.5 Å². The molecule has 2 rings (SSSR count). The summed E-state index contributed by atoms with van der Waals surface area (Å²) in [7, 11) is 3.44. The van der Waals surface area contributed by atoms with Crippen LogP contribution >= 0.6 is 15.9 Å². The first-order valence-electron chi connectivity index (χ1n) is 6.73. The lowest BCUT2D eigenvalue weighted by atomic mass is 9.85. The van der Waals surface area contributed by atoms with Crippen LogP contribution in [0.1, 0.15) is 35.4 Å². The van der Waals surface area contributed by atoms with Crippen LogP contribution in [0.2, 0.25) is 0 Å². The van der Waals surface area contributed by atoms with Crippen molar-refractivity contribution in [2.75, 3.05) is 27.3 Å². The van der Waals surface area contributed by atoms with Gasteiger partial charge in [-0.15, -0.1) is 0 Å². The van der Waals surface area contributed by atoms with Crippen LogP contribution in [0.25, 0.3) is 0 Å². The van der Waals surface area contributed by atoms with Gasteiger partial charge < -0.3 is 14.8 Å². The van der Waals surface area contributed by atoms with Crippen molar-refractivity contribution >= 4 is 15.9 Å². The van der Waals surface area contributed by atoms with E-state index in [0.29, 0.717) is 5.92 Å². The lowest BCUT2D eigenvalue weighted by molar-refractivity contribution is 0.341. The normalized spacial score (nSPS) is 16.5. The van der Waals surface area contributed by atoms with Crippen molar-refractivity contribution in [1.82, 2.24) is 5.32 Å². The van der Waals surface area contributed by atoms with Gasteiger partial charge in [0.05, 0.1) is 14.2 Å². The van der Waals surface area contributed by atoms with Gasteiger partial charge in [-0.25, -0.2) is 0 Å². The molecule has 0 amide bonds. The molecule has 106 valence electrons. The van der Waals surface area contributed by atoms with E-state index in [1.54, 1.807) is 14.2 Å². The Kier molecular flexibility index (Phi) is 4.74. The second-order valence-electron chi connectivity index (χ2n) is 5.07. The second-order valence-corrected chi connectivity index (χ2v) is 5.86. The molecule has 19 heavy (non-hydrogen) atoms. The van der Waals surface area contributed by atoms with Crippen molar-refractivity contribution in [3.63, 3.8) is 0 Å². The number of methoxy groups -OCH3 is 2. The van der Waals surface area contributed by atoms with Gasteiger partial charge in [-0.2, -0.15) is 0 Å². The molecule has 1 aliphatic rings. The van der Waals surface area contributed by atoms with Gasteiger partial charge >= 0.3 is 0 Å². The molecule has 1 fully saturated rings. The van der Waals surface area contributed by atoms with Crippen LogP contribution in [-0.2, 0) is 0 Å². The molecule has 4 heteroatoms. The molecule has 0 spiro atoms. The molecule has 0 bridgehead atoms. The third-order valence-electron chi connectivity index (χ3n) is 4.01. The maximum absolute atomic E-state index is 5.67. The summed E-state index contributed by atoms with van der Waals surface area (Å²) in [5.74, 6) is 2.31. The first-order chi connectivity index (χ1) is 9.11. The van der Waals surface area contributed by atoms with Crippen LogP contribution in [0.3, 0.4) is 0 Å². The highest BCUT2D eigenvalue weighted by atomic mass is 79.9. The van der Waals surface area contributed by atoms with Crippen molar-refractivity contribution in [1.29, 1.82) is 0 Å². The zero-order chi connectivity index (χ0) is 14.0. The second kappa shape index (κ2) is 6.14. The average molecular weight is 328 g/mol. The topological polar surface area (TPSA) is 30.5 Å². The highest BCUT2D eigenvalue weighted by Gasteiger charge is 2.26. The van der Waals surface area contributed by atoms with Crippen LogP contribution < -0.4 is 14.8 Å². The predicted molar refractivity (Wildman–Crippen MR) is 81.6 cm³/mol. The van der Waals surface area contributed by atoms with Crippen LogP contribution in [0.4, 0.5) is 0 Å². The van der Waals surface area contributed by atoms with Crippen molar-refractivity contribution in [3.05, 3.63) is 21.2 Å². The quantitative estimate of drug-likeness (QED) is 0.920. The molecule has 1 aliphatic heterocycles. The van der Waals surface area contributed by atoms with E-state index in [0.717, 1.165) is 47.5 Å². The van der Waals surface area contributed by atoms with Crippen molar-refractivity contribution in [2.45, 2.75) is 32.6 Å². The Morgan fingerprint density at radius 2 is 1.58 bits per heavy atom. The number of nitrogens with one attached hydrogen (secondary N) is 1. The fourth-order valence-electron chi connectivity index (χ4n) is 3.01. The lowest BCUT2D eigenvalue weighted by Gasteiger charge is -2.28. The largest absolute Gasteiger partial charge is 0.493 e. The molecule has 0 radical (unpaired) electrons. The number of ether oxygens (including phenoxy) is 2. The van der Waals surface area contributed by atoms with Gasteiger partial charge in [-0.3, -0.25) is 0 Å². The highest BCUT2D eigenvalue weighted by molar-refractivity contribution is 9.10. The van der Waals surface area contributed by atoms with E-state index in [2.05, 4.69) is 35.1 Å². The Labute approximate surface area is 123 Å². The smallest absolute Gasteiger partial charge is 0.165 e. The molecular weight excluding hydrogens is 306 g/mol. The van der Waals surface area contributed by atoms with E-state index in [-0.39, 0.29) is 0 Å². The van der Waals surface area contributed by atoms with Gasteiger partial charge in [0.2, 0.25) is 0 Å². The maximum Gasteiger partial charge on any atom is 0.165 e. The van der Waals surface area contributed by atoms with Gasteiger partial charge in [-0.05, 0) is 51.3 Å². The molecule has 0 aromatic heterocycles. The Morgan fingerprint density at radius 3 is 2.11 bits per heavy atom. The molecule has 1 N–H and O–H groups in total. The van der Waals surface area contributed by atoms with E-state index in [4.69, 9.17) is 9.47 Å². The zero-order valence-electron chi connectivity index (χ0n) is 12.1. The maximum atomic E-state index is 5.67. The van der Waals surface area contributed by atoms with Gasteiger partial charge in [0.25, 0.3) is 0 Å². The SMILES string of the molecule is COc1c(C)c(Br)c(C)c(C2CCNCC2)c1OC. The molecule has 1 heterocycles. The van der Waals surface area contributed by atoms with Crippen LogP contribution in [0.5, 0.6) is 11.5 Å². The molecule has 0 unspecified atom stereocenters. The average Bonchev–Trinajstić information content (AvgIpc) is 2.45. The molecule has 0 aliphatic carbocycles. The summed E-state index contributed by atoms with van der Waals surface area (Å²) in [4.78, 5) is 0. The standard InChI is InChI=1S/C15H22BrNO2/c1-9-12(11-5-7-17-8-6-11)15(19-4)14(18-3)10(2)13(9)16/h11,17H,5-8H2,1-4H3. The summed E-state index contributed by atoms with van der Waals surface area (Å²) in [6.07, 6.45) is 2.30. The summed E-state index contributed by atoms with van der Waals surface area (Å²) in [5.41, 5.74) is 3.69. The molecule has 1 aromatic rings. The number of benzene rings is 1. The summed E-state index contributed by atoms with van der Waals surface area (Å²) in [5, 5.41) is 3.41. The number of halogens is 1. The number of hydrogen-bond donors (Lipinski definition) is 1. The minimum absolute atomic E-state index is 0.544. The molecule has 1 saturated heterocycles.